The van der Waals surface area contributed by atoms with Gasteiger partial charge in [-0.1, -0.05) is 20.8 Å². The molecule has 0 saturated carbocycles. The first-order valence-corrected chi connectivity index (χ1v) is 7.33. The number of carbonyl (C=O) groups is 1. The van der Waals surface area contributed by atoms with Crippen molar-refractivity contribution in [2.75, 3.05) is 13.2 Å². The molecule has 1 unspecified atom stereocenters. The van der Waals surface area contributed by atoms with Crippen LogP contribution >= 0.6 is 0 Å². The Bertz CT molecular complexity index is 592. The molecular formula is C15H22N2O8. The summed E-state index contributed by atoms with van der Waals surface area (Å²) in [5, 5.41) is 39.5. The molecule has 0 saturated heterocycles. The molecule has 0 aliphatic heterocycles. The van der Waals surface area contributed by atoms with Crippen LogP contribution in [0.15, 0.2) is 18.2 Å². The minimum atomic E-state index is -2.11. The van der Waals surface area contributed by atoms with Crippen LogP contribution < -0.4 is 0 Å². The van der Waals surface area contributed by atoms with Gasteiger partial charge in [0.05, 0.1) is 16.5 Å². The molecule has 1 rings (SSSR count). The Balaban J connectivity index is 0.00000178. The second kappa shape index (κ2) is 9.64. The molecule has 10 nitrogen and oxygen atoms in total. The summed E-state index contributed by atoms with van der Waals surface area (Å²) in [4.78, 5) is 31.9. The summed E-state index contributed by atoms with van der Waals surface area (Å²) < 4.78 is 4.86. The van der Waals surface area contributed by atoms with E-state index in [1.165, 1.54) is 0 Å². The number of hydrogen-bond acceptors (Lipinski definition) is 8. The van der Waals surface area contributed by atoms with Gasteiger partial charge in [0.1, 0.15) is 5.56 Å². The SMILES string of the molecule is CC(C)(C)COC(=O)C(O)c1c([N+](=O)[O-])cccc1[N+](=O)[O-].CCO. The van der Waals surface area contributed by atoms with E-state index in [4.69, 9.17) is 9.84 Å². The Morgan fingerprint density at radius 1 is 1.20 bits per heavy atom. The van der Waals surface area contributed by atoms with Crippen LogP contribution in [0, 0.1) is 25.6 Å². The lowest BCUT2D eigenvalue weighted by atomic mass is 9.98. The molecule has 140 valence electrons. The fourth-order valence-corrected chi connectivity index (χ4v) is 1.62. The molecule has 2 N–H and O–H groups in total. The topological polar surface area (TPSA) is 153 Å². The Morgan fingerprint density at radius 3 is 1.92 bits per heavy atom. The van der Waals surface area contributed by atoms with Gasteiger partial charge in [0.2, 0.25) is 0 Å². The van der Waals surface area contributed by atoms with E-state index in [9.17, 15) is 30.1 Å². The van der Waals surface area contributed by atoms with E-state index in [-0.39, 0.29) is 18.6 Å². The molecular weight excluding hydrogens is 336 g/mol. The quantitative estimate of drug-likeness (QED) is 0.461. The van der Waals surface area contributed by atoms with Crippen molar-refractivity contribution < 1.29 is 29.6 Å². The van der Waals surface area contributed by atoms with Gasteiger partial charge in [0.15, 0.2) is 6.10 Å². The van der Waals surface area contributed by atoms with Gasteiger partial charge in [-0.15, -0.1) is 0 Å². The number of hydrogen-bond donors (Lipinski definition) is 2. The number of aliphatic hydroxyl groups is 2. The highest BCUT2D eigenvalue weighted by atomic mass is 16.6. The number of carbonyl (C=O) groups excluding carboxylic acids is 1. The smallest absolute Gasteiger partial charge is 0.340 e. The van der Waals surface area contributed by atoms with E-state index >= 15 is 0 Å². The number of nitro benzene ring substituents is 2. The molecule has 10 heteroatoms. The molecule has 1 aromatic carbocycles. The van der Waals surface area contributed by atoms with Crippen molar-refractivity contribution in [3.8, 4) is 0 Å². The molecule has 1 atom stereocenters. The van der Waals surface area contributed by atoms with E-state index in [1.807, 2.05) is 0 Å². The third-order valence-electron chi connectivity index (χ3n) is 2.60. The van der Waals surface area contributed by atoms with Crippen molar-refractivity contribution in [1.29, 1.82) is 0 Å². The summed E-state index contributed by atoms with van der Waals surface area (Å²) in [5.74, 6) is -1.17. The number of rotatable bonds is 5. The van der Waals surface area contributed by atoms with Crippen LogP contribution in [0.25, 0.3) is 0 Å². The predicted molar refractivity (Wildman–Crippen MR) is 87.9 cm³/mol. The van der Waals surface area contributed by atoms with Gasteiger partial charge in [0, 0.05) is 18.7 Å². The van der Waals surface area contributed by atoms with Crippen LogP contribution in [-0.2, 0) is 9.53 Å². The van der Waals surface area contributed by atoms with Crippen LogP contribution in [-0.4, -0.2) is 39.2 Å². The molecule has 0 aliphatic rings. The molecule has 1 aromatic rings. The summed E-state index contributed by atoms with van der Waals surface area (Å²) in [6.07, 6.45) is -2.11. The maximum atomic E-state index is 11.8. The van der Waals surface area contributed by atoms with Crippen LogP contribution in [0.5, 0.6) is 0 Å². The highest BCUT2D eigenvalue weighted by Crippen LogP contribution is 2.34. The van der Waals surface area contributed by atoms with Crippen molar-refractivity contribution >= 4 is 17.3 Å². The molecule has 0 radical (unpaired) electrons. The summed E-state index contributed by atoms with van der Waals surface area (Å²) in [6.45, 7) is 7.22. The summed E-state index contributed by atoms with van der Waals surface area (Å²) in [6, 6.07) is 3.05. The average Bonchev–Trinajstić information content (AvgIpc) is 2.51. The lowest BCUT2D eigenvalue weighted by Crippen LogP contribution is -2.23. The van der Waals surface area contributed by atoms with Crippen molar-refractivity contribution in [1.82, 2.24) is 0 Å². The second-order valence-corrected chi connectivity index (χ2v) is 6.11. The number of aliphatic hydroxyl groups excluding tert-OH is 2. The van der Waals surface area contributed by atoms with Gasteiger partial charge in [-0.3, -0.25) is 20.2 Å². The predicted octanol–water partition coefficient (Wildman–Crippen LogP) is 2.12. The Labute approximate surface area is 144 Å². The third kappa shape index (κ3) is 7.23. The van der Waals surface area contributed by atoms with E-state index < -0.39 is 38.9 Å². The van der Waals surface area contributed by atoms with E-state index in [0.717, 1.165) is 18.2 Å². The number of ether oxygens (including phenoxy) is 1. The summed E-state index contributed by atoms with van der Waals surface area (Å²) in [5.41, 5.74) is -2.50. The van der Waals surface area contributed by atoms with Gasteiger partial charge in [-0.25, -0.2) is 4.79 Å². The average molecular weight is 358 g/mol. The monoisotopic (exact) mass is 358 g/mol. The molecule has 25 heavy (non-hydrogen) atoms. The van der Waals surface area contributed by atoms with E-state index in [1.54, 1.807) is 27.7 Å². The fraction of sp³-hybridized carbons (Fsp3) is 0.533. The van der Waals surface area contributed by atoms with Gasteiger partial charge in [-0.2, -0.15) is 0 Å². The minimum Gasteiger partial charge on any atom is -0.463 e. The first kappa shape index (κ1) is 22.4. The van der Waals surface area contributed by atoms with Crippen LogP contribution in [0.3, 0.4) is 0 Å². The zero-order chi connectivity index (χ0) is 19.8. The Kier molecular flexibility index (Phi) is 8.65. The zero-order valence-electron chi connectivity index (χ0n) is 14.5. The van der Waals surface area contributed by atoms with Crippen LogP contribution in [0.2, 0.25) is 0 Å². The van der Waals surface area contributed by atoms with Crippen LogP contribution in [0.4, 0.5) is 11.4 Å². The summed E-state index contributed by atoms with van der Waals surface area (Å²) >= 11 is 0. The molecule has 0 amide bonds. The van der Waals surface area contributed by atoms with Crippen molar-refractivity contribution in [2.24, 2.45) is 5.41 Å². The van der Waals surface area contributed by atoms with Gasteiger partial charge >= 0.3 is 5.97 Å². The van der Waals surface area contributed by atoms with Gasteiger partial charge in [-0.05, 0) is 18.4 Å². The first-order valence-electron chi connectivity index (χ1n) is 7.33. The highest BCUT2D eigenvalue weighted by Gasteiger charge is 2.35. The Morgan fingerprint density at radius 2 is 1.60 bits per heavy atom. The van der Waals surface area contributed by atoms with Gasteiger partial charge in [0.25, 0.3) is 11.4 Å². The first-order chi connectivity index (χ1) is 11.5. The zero-order valence-corrected chi connectivity index (χ0v) is 14.5. The van der Waals surface area contributed by atoms with Crippen LogP contribution in [0.1, 0.15) is 39.4 Å². The molecule has 0 bridgehead atoms. The third-order valence-corrected chi connectivity index (χ3v) is 2.60. The second-order valence-electron chi connectivity index (χ2n) is 6.11. The molecule has 0 aromatic heterocycles. The normalized spacial score (nSPS) is 11.8. The van der Waals surface area contributed by atoms with E-state index in [0.29, 0.717) is 0 Å². The summed E-state index contributed by atoms with van der Waals surface area (Å²) in [7, 11) is 0. The van der Waals surface area contributed by atoms with Gasteiger partial charge < -0.3 is 14.9 Å². The maximum absolute atomic E-state index is 11.8. The minimum absolute atomic E-state index is 0.0443. The Hall–Kier alpha value is -2.59. The van der Waals surface area contributed by atoms with Crippen molar-refractivity contribution in [3.63, 3.8) is 0 Å². The highest BCUT2D eigenvalue weighted by molar-refractivity contribution is 5.80. The molecule has 0 aliphatic carbocycles. The lowest BCUT2D eigenvalue weighted by Gasteiger charge is -2.19. The standard InChI is InChI=1S/C13H16N2O7.C2H6O/c1-13(2,3)7-22-12(17)11(16)10-8(14(18)19)5-4-6-9(10)15(20)21;1-2-3/h4-6,11,16H,7H2,1-3H3;3H,2H2,1H3. The van der Waals surface area contributed by atoms with E-state index in [2.05, 4.69) is 0 Å². The molecule has 0 fully saturated rings. The lowest BCUT2D eigenvalue weighted by molar-refractivity contribution is -0.396. The molecule has 0 spiro atoms. The van der Waals surface area contributed by atoms with Crippen molar-refractivity contribution in [2.45, 2.75) is 33.8 Å². The maximum Gasteiger partial charge on any atom is 0.340 e. The largest absolute Gasteiger partial charge is 0.463 e. The molecule has 0 heterocycles. The number of nitrogens with zero attached hydrogens (tertiary/aromatic N) is 2. The van der Waals surface area contributed by atoms with Crippen molar-refractivity contribution in [3.05, 3.63) is 44.0 Å². The number of benzene rings is 1. The fourth-order valence-electron chi connectivity index (χ4n) is 1.62. The number of nitro groups is 2. The number of esters is 1.